The molecule has 0 amide bonds. The van der Waals surface area contributed by atoms with Crippen LogP contribution in [-0.2, 0) is 18.3 Å². The summed E-state index contributed by atoms with van der Waals surface area (Å²) in [6.07, 6.45) is 9.35. The Labute approximate surface area is 224 Å². The molecule has 5 aromatic rings. The Balaban J connectivity index is 1.42. The Hall–Kier alpha value is -3.32. The van der Waals surface area contributed by atoms with Crippen molar-refractivity contribution in [2.45, 2.75) is 57.3 Å². The first-order chi connectivity index (χ1) is 18.8. The highest BCUT2D eigenvalue weighted by Crippen LogP contribution is 2.68. The molecular formula is C37H33N. The molecule has 6 aliphatic rings. The van der Waals surface area contributed by atoms with Gasteiger partial charge in [-0.15, -0.1) is 0 Å². The first-order valence-corrected chi connectivity index (χ1v) is 15.1. The minimum atomic E-state index is 0.160. The zero-order valence-corrected chi connectivity index (χ0v) is 22.1. The van der Waals surface area contributed by atoms with Gasteiger partial charge < -0.3 is 4.57 Å². The van der Waals surface area contributed by atoms with E-state index in [1.807, 2.05) is 0 Å². The summed E-state index contributed by atoms with van der Waals surface area (Å²) in [5.74, 6) is 3.47. The number of hydrogen-bond acceptors (Lipinski definition) is 0. The van der Waals surface area contributed by atoms with Gasteiger partial charge in [-0.05, 0) is 114 Å². The molecule has 1 heteroatoms. The molecule has 1 aromatic heterocycles. The van der Waals surface area contributed by atoms with Gasteiger partial charge in [0.15, 0.2) is 0 Å². The first kappa shape index (κ1) is 20.6. The predicted molar refractivity (Wildman–Crippen MR) is 156 cm³/mol. The van der Waals surface area contributed by atoms with Crippen molar-refractivity contribution in [1.82, 2.24) is 4.57 Å². The van der Waals surface area contributed by atoms with E-state index in [-0.39, 0.29) is 5.41 Å². The SMILES string of the molecule is CCc1ccc2c(c1)c1cccc3c1n2-c1c(ccc2c1-c1ccccc1C2)C31C2CC3CC(C2)CC1C3. The fourth-order valence-corrected chi connectivity index (χ4v) is 10.6. The molecular weight excluding hydrogens is 458 g/mol. The highest BCUT2D eigenvalue weighted by Gasteiger charge is 2.61. The van der Waals surface area contributed by atoms with Crippen LogP contribution in [0.25, 0.3) is 38.6 Å². The second kappa shape index (κ2) is 6.81. The predicted octanol–water partition coefficient (Wildman–Crippen LogP) is 8.97. The van der Waals surface area contributed by atoms with Crippen LogP contribution < -0.4 is 0 Å². The van der Waals surface area contributed by atoms with Crippen LogP contribution in [0.5, 0.6) is 0 Å². The van der Waals surface area contributed by atoms with Crippen LogP contribution in [0.2, 0.25) is 0 Å². The lowest BCUT2D eigenvalue weighted by molar-refractivity contribution is -0.0418. The van der Waals surface area contributed by atoms with Gasteiger partial charge in [0.25, 0.3) is 0 Å². The van der Waals surface area contributed by atoms with Crippen molar-refractivity contribution in [2.24, 2.45) is 23.7 Å². The van der Waals surface area contributed by atoms with Gasteiger partial charge in [-0.3, -0.25) is 0 Å². The molecule has 0 saturated heterocycles. The van der Waals surface area contributed by atoms with Gasteiger partial charge in [0, 0.05) is 21.8 Å². The molecule has 0 atom stereocenters. The molecule has 0 N–H and O–H groups in total. The standard InChI is InChI=1S/C37H33N/c1-2-21-10-13-33-30(19-21)29-8-5-9-31-35(29)38(33)36-32(12-11-25-20-24-6-3-4-7-28(24)34(25)36)37(31)26-15-22-14-23(17-26)18-27(37)16-22/h3-13,19,22-23,26-27H,2,14-18,20H2,1H3. The maximum Gasteiger partial charge on any atom is 0.0584 e. The quantitative estimate of drug-likeness (QED) is 0.216. The Bertz CT molecular complexity index is 1820. The summed E-state index contributed by atoms with van der Waals surface area (Å²) in [5, 5.41) is 2.91. The highest BCUT2D eigenvalue weighted by atomic mass is 15.0. The van der Waals surface area contributed by atoms with Crippen LogP contribution in [0, 0.1) is 23.7 Å². The number of aryl methyl sites for hydroxylation is 1. The second-order valence-electron chi connectivity index (χ2n) is 13.2. The zero-order valence-electron chi connectivity index (χ0n) is 22.1. The molecule has 4 bridgehead atoms. The summed E-state index contributed by atoms with van der Waals surface area (Å²) < 4.78 is 2.73. The maximum atomic E-state index is 2.73. The molecule has 11 rings (SSSR count). The number of fused-ring (bicyclic) bond motifs is 9. The summed E-state index contributed by atoms with van der Waals surface area (Å²) in [5.41, 5.74) is 15.4. The first-order valence-electron chi connectivity index (χ1n) is 15.1. The molecule has 186 valence electrons. The van der Waals surface area contributed by atoms with Crippen molar-refractivity contribution in [2.75, 3.05) is 0 Å². The van der Waals surface area contributed by atoms with E-state index >= 15 is 0 Å². The molecule has 5 aliphatic carbocycles. The fraction of sp³-hybridized carbons (Fsp3) is 0.351. The van der Waals surface area contributed by atoms with Crippen LogP contribution >= 0.6 is 0 Å². The molecule has 1 aliphatic heterocycles. The van der Waals surface area contributed by atoms with E-state index in [1.165, 1.54) is 87.4 Å². The topological polar surface area (TPSA) is 4.93 Å². The molecule has 4 saturated carbocycles. The average Bonchev–Trinajstić information content (AvgIpc) is 3.49. The lowest BCUT2D eigenvalue weighted by Crippen LogP contribution is -2.57. The third kappa shape index (κ3) is 2.22. The summed E-state index contributed by atoms with van der Waals surface area (Å²) >= 11 is 0. The van der Waals surface area contributed by atoms with E-state index in [1.54, 1.807) is 11.1 Å². The summed E-state index contributed by atoms with van der Waals surface area (Å²) in [6, 6.07) is 29.0. The number of nitrogens with zero attached hydrogens (tertiary/aromatic N) is 1. The van der Waals surface area contributed by atoms with E-state index < -0.39 is 0 Å². The monoisotopic (exact) mass is 491 g/mol. The van der Waals surface area contributed by atoms with Crippen molar-refractivity contribution >= 4 is 21.8 Å². The number of aromatic nitrogens is 1. The van der Waals surface area contributed by atoms with Crippen LogP contribution in [0.15, 0.2) is 72.8 Å². The van der Waals surface area contributed by atoms with Crippen molar-refractivity contribution in [3.05, 3.63) is 101 Å². The van der Waals surface area contributed by atoms with Crippen LogP contribution in [0.3, 0.4) is 0 Å². The molecule has 1 spiro atoms. The Kier molecular flexibility index (Phi) is 3.69. The number of hydrogen-bond donors (Lipinski definition) is 0. The third-order valence-electron chi connectivity index (χ3n) is 11.7. The van der Waals surface area contributed by atoms with Crippen LogP contribution in [-0.4, -0.2) is 4.57 Å². The van der Waals surface area contributed by atoms with E-state index in [2.05, 4.69) is 84.3 Å². The van der Waals surface area contributed by atoms with Gasteiger partial charge in [-0.2, -0.15) is 0 Å². The van der Waals surface area contributed by atoms with Crippen molar-refractivity contribution < 1.29 is 0 Å². The van der Waals surface area contributed by atoms with Crippen LogP contribution in [0.4, 0.5) is 0 Å². The summed E-state index contributed by atoms with van der Waals surface area (Å²) in [6.45, 7) is 2.28. The highest BCUT2D eigenvalue weighted by molar-refractivity contribution is 6.13. The van der Waals surface area contributed by atoms with Crippen molar-refractivity contribution in [3.8, 4) is 16.8 Å². The normalized spacial score (nSPS) is 29.3. The smallest absolute Gasteiger partial charge is 0.0584 e. The minimum Gasteiger partial charge on any atom is -0.308 e. The minimum absolute atomic E-state index is 0.160. The summed E-state index contributed by atoms with van der Waals surface area (Å²) in [4.78, 5) is 0. The Morgan fingerprint density at radius 3 is 2.37 bits per heavy atom. The van der Waals surface area contributed by atoms with E-state index in [0.29, 0.717) is 0 Å². The number of benzene rings is 4. The lowest BCUT2D eigenvalue weighted by Gasteiger charge is -2.63. The summed E-state index contributed by atoms with van der Waals surface area (Å²) in [7, 11) is 0. The second-order valence-corrected chi connectivity index (χ2v) is 13.2. The molecule has 0 unspecified atom stereocenters. The number of para-hydroxylation sites is 1. The molecule has 38 heavy (non-hydrogen) atoms. The largest absolute Gasteiger partial charge is 0.308 e. The molecule has 2 heterocycles. The van der Waals surface area contributed by atoms with Gasteiger partial charge in [-0.25, -0.2) is 0 Å². The average molecular weight is 492 g/mol. The van der Waals surface area contributed by atoms with Gasteiger partial charge in [0.2, 0.25) is 0 Å². The Morgan fingerprint density at radius 1 is 0.737 bits per heavy atom. The van der Waals surface area contributed by atoms with Crippen LogP contribution in [0.1, 0.15) is 66.8 Å². The van der Waals surface area contributed by atoms with E-state index in [9.17, 15) is 0 Å². The van der Waals surface area contributed by atoms with E-state index in [4.69, 9.17) is 0 Å². The molecule has 1 nitrogen and oxygen atoms in total. The fourth-order valence-electron chi connectivity index (χ4n) is 10.6. The van der Waals surface area contributed by atoms with Gasteiger partial charge in [-0.1, -0.05) is 67.6 Å². The third-order valence-corrected chi connectivity index (χ3v) is 11.7. The van der Waals surface area contributed by atoms with Gasteiger partial charge in [0.1, 0.15) is 0 Å². The Morgan fingerprint density at radius 2 is 1.55 bits per heavy atom. The van der Waals surface area contributed by atoms with Gasteiger partial charge >= 0.3 is 0 Å². The van der Waals surface area contributed by atoms with Gasteiger partial charge in [0.05, 0.1) is 16.7 Å². The van der Waals surface area contributed by atoms with E-state index in [0.717, 1.165) is 36.5 Å². The van der Waals surface area contributed by atoms with Crippen molar-refractivity contribution in [3.63, 3.8) is 0 Å². The number of rotatable bonds is 1. The molecule has 4 fully saturated rings. The zero-order chi connectivity index (χ0) is 24.7. The lowest BCUT2D eigenvalue weighted by atomic mass is 9.41. The molecule has 0 radical (unpaired) electrons. The maximum absolute atomic E-state index is 2.73. The van der Waals surface area contributed by atoms with Crippen molar-refractivity contribution in [1.29, 1.82) is 0 Å². The molecule has 4 aromatic carbocycles.